The van der Waals surface area contributed by atoms with E-state index in [1.54, 1.807) is 6.92 Å². The summed E-state index contributed by atoms with van der Waals surface area (Å²) in [5.74, 6) is -0.904. The van der Waals surface area contributed by atoms with Crippen LogP contribution in [0.5, 0.6) is 5.75 Å². The third-order valence-electron chi connectivity index (χ3n) is 3.87. The first-order valence-corrected chi connectivity index (χ1v) is 10.9. The minimum Gasteiger partial charge on any atom is -0.464 e. The van der Waals surface area contributed by atoms with E-state index in [0.717, 1.165) is 43.5 Å². The van der Waals surface area contributed by atoms with Crippen molar-refractivity contribution in [3.05, 3.63) is 34.4 Å². The molecule has 2 atom stereocenters. The maximum atomic E-state index is 12.4. The molecule has 0 fully saturated rings. The van der Waals surface area contributed by atoms with Crippen LogP contribution in [0.25, 0.3) is 0 Å². The van der Waals surface area contributed by atoms with Crippen molar-refractivity contribution >= 4 is 22.0 Å². The monoisotopic (exact) mass is 432 g/mol. The highest BCUT2D eigenvalue weighted by atomic mass is 32.2. The number of nitrogens with zero attached hydrogens (tertiary/aromatic N) is 1. The molecule has 0 heterocycles. The second-order valence-electron chi connectivity index (χ2n) is 6.33. The van der Waals surface area contributed by atoms with Gasteiger partial charge < -0.3 is 13.7 Å². The highest BCUT2D eigenvalue weighted by Crippen LogP contribution is 2.19. The molecule has 0 aliphatic rings. The lowest BCUT2D eigenvalue weighted by atomic mass is 10.2. The molecule has 0 aromatic heterocycles. The van der Waals surface area contributed by atoms with Gasteiger partial charge in [-0.15, -0.1) is 0 Å². The Bertz CT molecular complexity index is 752. The fraction of sp³-hybridized carbons (Fsp3) is 0.611. The first-order valence-electron chi connectivity index (χ1n) is 9.44. The molecule has 0 bridgehead atoms. The van der Waals surface area contributed by atoms with Crippen LogP contribution < -0.4 is 8.91 Å². The third kappa shape index (κ3) is 9.20. The number of esters is 1. The van der Waals surface area contributed by atoms with Crippen LogP contribution in [0.1, 0.15) is 46.5 Å². The van der Waals surface area contributed by atoms with Crippen LogP contribution in [-0.2, 0) is 24.6 Å². The zero-order chi connectivity index (χ0) is 21.9. The number of nitro benzene ring substituents is 1. The summed E-state index contributed by atoms with van der Waals surface area (Å²) < 4.78 is 42.5. The van der Waals surface area contributed by atoms with Gasteiger partial charge in [0.1, 0.15) is 11.8 Å². The number of nitro groups is 1. The van der Waals surface area contributed by atoms with Gasteiger partial charge >= 0.3 is 16.3 Å². The summed E-state index contributed by atoms with van der Waals surface area (Å²) in [6.07, 6.45) is 2.32. The summed E-state index contributed by atoms with van der Waals surface area (Å²) in [6.45, 7) is 6.00. The molecular weight excluding hydrogens is 404 g/mol. The number of carbonyl (C=O) groups excluding carboxylic acids is 1. The molecule has 0 saturated carbocycles. The van der Waals surface area contributed by atoms with Crippen molar-refractivity contribution < 1.29 is 31.8 Å². The standard InChI is InChI=1S/C18H28N2O8S/c1-4-6-12-26-14(3)17(18(21)27-13-7-5-2)19-29(24,25)28-16-10-8-15(9-11-16)20(22)23/h8-11,14,17,19H,4-7,12-13H2,1-3H3/t14?,17-/m0/s1. The second kappa shape index (κ2) is 12.3. The van der Waals surface area contributed by atoms with Crippen LogP contribution in [-0.4, -0.2) is 44.7 Å². The Balaban J connectivity index is 2.87. The van der Waals surface area contributed by atoms with Crippen LogP contribution >= 0.6 is 0 Å². The number of rotatable bonds is 14. The molecule has 0 aliphatic carbocycles. The summed E-state index contributed by atoms with van der Waals surface area (Å²) in [6, 6.07) is 3.21. The van der Waals surface area contributed by atoms with Gasteiger partial charge in [0.25, 0.3) is 5.69 Å². The molecule has 1 aromatic carbocycles. The fourth-order valence-electron chi connectivity index (χ4n) is 2.18. The van der Waals surface area contributed by atoms with Crippen LogP contribution in [0.4, 0.5) is 5.69 Å². The molecule has 0 aliphatic heterocycles. The second-order valence-corrected chi connectivity index (χ2v) is 7.65. The van der Waals surface area contributed by atoms with E-state index in [1.807, 2.05) is 13.8 Å². The molecule has 0 saturated heterocycles. The molecule has 1 unspecified atom stereocenters. The zero-order valence-corrected chi connectivity index (χ0v) is 17.6. The molecule has 0 radical (unpaired) electrons. The quantitative estimate of drug-likeness (QED) is 0.205. The fourth-order valence-corrected chi connectivity index (χ4v) is 3.19. The zero-order valence-electron chi connectivity index (χ0n) is 16.8. The van der Waals surface area contributed by atoms with E-state index in [4.69, 9.17) is 13.7 Å². The largest absolute Gasteiger partial charge is 0.464 e. The summed E-state index contributed by atoms with van der Waals surface area (Å²) in [5.41, 5.74) is -0.210. The van der Waals surface area contributed by atoms with Crippen LogP contribution in [0.3, 0.4) is 0 Å². The molecule has 0 spiro atoms. The molecule has 1 aromatic rings. The number of ether oxygens (including phenoxy) is 2. The van der Waals surface area contributed by atoms with E-state index < -0.39 is 33.3 Å². The van der Waals surface area contributed by atoms with E-state index in [9.17, 15) is 23.3 Å². The lowest BCUT2D eigenvalue weighted by molar-refractivity contribution is -0.384. The van der Waals surface area contributed by atoms with Crippen molar-refractivity contribution in [3.8, 4) is 5.75 Å². The van der Waals surface area contributed by atoms with Crippen LogP contribution in [0.15, 0.2) is 24.3 Å². The Labute approximate surface area is 170 Å². The van der Waals surface area contributed by atoms with Gasteiger partial charge in [-0.05, 0) is 31.9 Å². The summed E-state index contributed by atoms with van der Waals surface area (Å²) in [7, 11) is -4.42. The van der Waals surface area contributed by atoms with E-state index in [-0.39, 0.29) is 18.0 Å². The summed E-state index contributed by atoms with van der Waals surface area (Å²) >= 11 is 0. The Hall–Kier alpha value is -2.24. The van der Waals surface area contributed by atoms with Crippen molar-refractivity contribution in [2.24, 2.45) is 0 Å². The minimum absolute atomic E-state index is 0.138. The number of hydrogen-bond donors (Lipinski definition) is 1. The van der Waals surface area contributed by atoms with Gasteiger partial charge in [0.2, 0.25) is 0 Å². The molecule has 164 valence electrons. The van der Waals surface area contributed by atoms with Crippen molar-refractivity contribution in [2.45, 2.75) is 58.6 Å². The Morgan fingerprint density at radius 3 is 2.28 bits per heavy atom. The number of unbranched alkanes of at least 4 members (excludes halogenated alkanes) is 2. The van der Waals surface area contributed by atoms with E-state index in [2.05, 4.69) is 4.72 Å². The molecule has 1 N–H and O–H groups in total. The first-order chi connectivity index (χ1) is 13.7. The van der Waals surface area contributed by atoms with Gasteiger partial charge in [-0.3, -0.25) is 14.9 Å². The molecule has 1 rings (SSSR count). The smallest absolute Gasteiger partial charge is 0.383 e. The lowest BCUT2D eigenvalue weighted by Crippen LogP contribution is -2.50. The number of hydrogen-bond acceptors (Lipinski definition) is 8. The Morgan fingerprint density at radius 2 is 1.72 bits per heavy atom. The van der Waals surface area contributed by atoms with E-state index >= 15 is 0 Å². The molecule has 0 amide bonds. The van der Waals surface area contributed by atoms with Gasteiger partial charge in [0.15, 0.2) is 0 Å². The minimum atomic E-state index is -4.42. The predicted molar refractivity (Wildman–Crippen MR) is 106 cm³/mol. The van der Waals surface area contributed by atoms with Gasteiger partial charge in [-0.25, -0.2) is 0 Å². The SMILES string of the molecule is CCCCOC(=O)[C@@H](NS(=O)(=O)Oc1ccc([N+](=O)[O-])cc1)C(C)OCCCC. The van der Waals surface area contributed by atoms with Crippen LogP contribution in [0.2, 0.25) is 0 Å². The topological polar surface area (TPSA) is 134 Å². The van der Waals surface area contributed by atoms with Gasteiger partial charge in [-0.1, -0.05) is 26.7 Å². The molecule has 10 nitrogen and oxygen atoms in total. The van der Waals surface area contributed by atoms with Gasteiger partial charge in [0, 0.05) is 18.7 Å². The highest BCUT2D eigenvalue weighted by molar-refractivity contribution is 7.85. The van der Waals surface area contributed by atoms with Gasteiger partial charge in [0.05, 0.1) is 17.6 Å². The first kappa shape index (κ1) is 24.8. The normalized spacial score (nSPS) is 13.5. The maximum Gasteiger partial charge on any atom is 0.383 e. The average molecular weight is 432 g/mol. The average Bonchev–Trinajstić information content (AvgIpc) is 2.66. The number of nitrogens with one attached hydrogen (secondary N) is 1. The maximum absolute atomic E-state index is 12.4. The summed E-state index contributed by atoms with van der Waals surface area (Å²) in [4.78, 5) is 22.4. The van der Waals surface area contributed by atoms with Crippen molar-refractivity contribution in [2.75, 3.05) is 13.2 Å². The Morgan fingerprint density at radius 1 is 1.14 bits per heavy atom. The Kier molecular flexibility index (Phi) is 10.6. The molecule has 29 heavy (non-hydrogen) atoms. The number of carbonyl (C=O) groups is 1. The van der Waals surface area contributed by atoms with Gasteiger partial charge in [-0.2, -0.15) is 13.1 Å². The van der Waals surface area contributed by atoms with E-state index in [0.29, 0.717) is 13.0 Å². The third-order valence-corrected chi connectivity index (χ3v) is 4.82. The number of non-ortho nitro benzene ring substituents is 1. The molecule has 11 heteroatoms. The predicted octanol–water partition coefficient (Wildman–Crippen LogP) is 2.73. The molecular formula is C18H28N2O8S. The number of benzene rings is 1. The highest BCUT2D eigenvalue weighted by Gasteiger charge is 2.32. The van der Waals surface area contributed by atoms with Crippen molar-refractivity contribution in [3.63, 3.8) is 0 Å². The lowest BCUT2D eigenvalue weighted by Gasteiger charge is -2.23. The summed E-state index contributed by atoms with van der Waals surface area (Å²) in [5, 5.41) is 10.7. The van der Waals surface area contributed by atoms with Crippen LogP contribution in [0, 0.1) is 10.1 Å². The van der Waals surface area contributed by atoms with E-state index in [1.165, 1.54) is 0 Å². The van der Waals surface area contributed by atoms with Crippen molar-refractivity contribution in [1.29, 1.82) is 0 Å². The van der Waals surface area contributed by atoms with Crippen molar-refractivity contribution in [1.82, 2.24) is 4.72 Å².